The summed E-state index contributed by atoms with van der Waals surface area (Å²) in [7, 11) is 0. The smallest absolute Gasteiger partial charge is 0.205 e. The molecular formula is C14H11FIN3. The minimum Gasteiger partial charge on any atom is -0.369 e. The zero-order valence-corrected chi connectivity index (χ0v) is 12.3. The molecule has 0 amide bonds. The SMILES string of the molecule is Cc1cccc2c1nc(N)n2-c1ccc(F)cc1I. The molecule has 1 heterocycles. The van der Waals surface area contributed by atoms with Crippen LogP contribution in [-0.2, 0) is 0 Å². The number of nitrogen functional groups attached to an aromatic ring is 1. The summed E-state index contributed by atoms with van der Waals surface area (Å²) >= 11 is 2.10. The lowest BCUT2D eigenvalue weighted by molar-refractivity contribution is 0.626. The summed E-state index contributed by atoms with van der Waals surface area (Å²) < 4.78 is 15.9. The number of rotatable bonds is 1. The summed E-state index contributed by atoms with van der Waals surface area (Å²) in [6, 6.07) is 10.6. The van der Waals surface area contributed by atoms with Gasteiger partial charge in [0.2, 0.25) is 5.95 Å². The highest BCUT2D eigenvalue weighted by Crippen LogP contribution is 2.28. The molecule has 0 saturated heterocycles. The van der Waals surface area contributed by atoms with Gasteiger partial charge in [0.1, 0.15) is 5.82 Å². The van der Waals surface area contributed by atoms with Gasteiger partial charge in [-0.15, -0.1) is 0 Å². The molecule has 0 aliphatic rings. The van der Waals surface area contributed by atoms with E-state index in [1.807, 2.05) is 29.7 Å². The van der Waals surface area contributed by atoms with Gasteiger partial charge in [-0.2, -0.15) is 0 Å². The van der Waals surface area contributed by atoms with E-state index < -0.39 is 0 Å². The van der Waals surface area contributed by atoms with Crippen LogP contribution in [0.5, 0.6) is 0 Å². The number of anilines is 1. The normalized spacial score (nSPS) is 11.1. The Kier molecular flexibility index (Phi) is 2.93. The van der Waals surface area contributed by atoms with Crippen LogP contribution < -0.4 is 5.73 Å². The van der Waals surface area contributed by atoms with E-state index >= 15 is 0 Å². The van der Waals surface area contributed by atoms with Crippen molar-refractivity contribution in [2.75, 3.05) is 5.73 Å². The van der Waals surface area contributed by atoms with Crippen molar-refractivity contribution in [3.63, 3.8) is 0 Å². The molecular weight excluding hydrogens is 356 g/mol. The average Bonchev–Trinajstić information content (AvgIpc) is 2.68. The minimum absolute atomic E-state index is 0.257. The molecule has 5 heteroatoms. The molecule has 3 aromatic rings. The van der Waals surface area contributed by atoms with Gasteiger partial charge in [0.15, 0.2) is 0 Å². The van der Waals surface area contributed by atoms with Gasteiger partial charge in [-0.25, -0.2) is 9.37 Å². The quantitative estimate of drug-likeness (QED) is 0.668. The maximum atomic E-state index is 13.2. The summed E-state index contributed by atoms with van der Waals surface area (Å²) in [6.45, 7) is 1.99. The van der Waals surface area contributed by atoms with E-state index in [4.69, 9.17) is 5.73 Å². The van der Waals surface area contributed by atoms with Gasteiger partial charge in [0.05, 0.1) is 16.7 Å². The number of benzene rings is 2. The molecule has 0 aliphatic heterocycles. The molecule has 0 unspecified atom stereocenters. The second-order valence-electron chi connectivity index (χ2n) is 4.34. The van der Waals surface area contributed by atoms with E-state index in [2.05, 4.69) is 27.6 Å². The Labute approximate surface area is 123 Å². The number of halogens is 2. The van der Waals surface area contributed by atoms with Crippen LogP contribution in [0.3, 0.4) is 0 Å². The predicted octanol–water partition coefficient (Wildman–Crippen LogP) is 3.66. The van der Waals surface area contributed by atoms with Gasteiger partial charge < -0.3 is 5.73 Å². The zero-order chi connectivity index (χ0) is 13.6. The fraction of sp³-hybridized carbons (Fsp3) is 0.0714. The standard InChI is InChI=1S/C14H11FIN3/c1-8-3-2-4-12-13(8)18-14(17)19(12)11-6-5-9(15)7-10(11)16/h2-7H,1H3,(H2,17,18). The number of aromatic nitrogens is 2. The molecule has 19 heavy (non-hydrogen) atoms. The van der Waals surface area contributed by atoms with Crippen LogP contribution >= 0.6 is 22.6 Å². The summed E-state index contributed by atoms with van der Waals surface area (Å²) in [5, 5.41) is 0. The van der Waals surface area contributed by atoms with E-state index in [-0.39, 0.29) is 5.82 Å². The fourth-order valence-corrected chi connectivity index (χ4v) is 2.89. The first-order chi connectivity index (χ1) is 9.08. The molecule has 1 aromatic heterocycles. The largest absolute Gasteiger partial charge is 0.369 e. The molecule has 0 bridgehead atoms. The van der Waals surface area contributed by atoms with Gasteiger partial charge in [-0.1, -0.05) is 12.1 Å². The molecule has 0 spiro atoms. The molecule has 96 valence electrons. The number of hydrogen-bond acceptors (Lipinski definition) is 2. The fourth-order valence-electron chi connectivity index (χ4n) is 2.17. The molecule has 0 atom stereocenters. The molecule has 3 rings (SSSR count). The van der Waals surface area contributed by atoms with Crippen molar-refractivity contribution in [1.82, 2.24) is 9.55 Å². The summed E-state index contributed by atoms with van der Waals surface area (Å²) in [6.07, 6.45) is 0. The highest BCUT2D eigenvalue weighted by atomic mass is 127. The van der Waals surface area contributed by atoms with Crippen molar-refractivity contribution in [3.05, 3.63) is 51.3 Å². The Morgan fingerprint density at radius 3 is 2.79 bits per heavy atom. The number of nitrogens with two attached hydrogens (primary N) is 1. The van der Waals surface area contributed by atoms with Crippen molar-refractivity contribution in [2.45, 2.75) is 6.92 Å². The topological polar surface area (TPSA) is 43.8 Å². The summed E-state index contributed by atoms with van der Waals surface area (Å²) in [5.74, 6) is 0.154. The second-order valence-corrected chi connectivity index (χ2v) is 5.51. The Morgan fingerprint density at radius 2 is 2.05 bits per heavy atom. The van der Waals surface area contributed by atoms with Crippen LogP contribution in [0.2, 0.25) is 0 Å². The van der Waals surface area contributed by atoms with Crippen LogP contribution in [-0.4, -0.2) is 9.55 Å². The van der Waals surface area contributed by atoms with Gasteiger partial charge >= 0.3 is 0 Å². The first-order valence-corrected chi connectivity index (χ1v) is 6.85. The maximum absolute atomic E-state index is 13.2. The van der Waals surface area contributed by atoms with Crippen molar-refractivity contribution in [2.24, 2.45) is 0 Å². The third kappa shape index (κ3) is 1.98. The number of nitrogens with zero attached hydrogens (tertiary/aromatic N) is 2. The summed E-state index contributed by atoms with van der Waals surface area (Å²) in [4.78, 5) is 4.40. The zero-order valence-electron chi connectivity index (χ0n) is 10.2. The van der Waals surface area contributed by atoms with Crippen LogP contribution in [0, 0.1) is 16.3 Å². The number of imidazole rings is 1. The monoisotopic (exact) mass is 367 g/mol. The van der Waals surface area contributed by atoms with Gasteiger partial charge in [-0.3, -0.25) is 4.57 Å². The van der Waals surface area contributed by atoms with Gasteiger partial charge in [0.25, 0.3) is 0 Å². The van der Waals surface area contributed by atoms with Crippen molar-refractivity contribution >= 4 is 39.6 Å². The van der Waals surface area contributed by atoms with Crippen LogP contribution in [0.1, 0.15) is 5.56 Å². The Bertz CT molecular complexity index is 780. The molecule has 0 fully saturated rings. The third-order valence-electron chi connectivity index (χ3n) is 3.06. The highest BCUT2D eigenvalue weighted by molar-refractivity contribution is 14.1. The second kappa shape index (κ2) is 4.48. The minimum atomic E-state index is -0.257. The van der Waals surface area contributed by atoms with E-state index in [0.29, 0.717) is 5.95 Å². The molecule has 2 N–H and O–H groups in total. The molecule has 0 saturated carbocycles. The Morgan fingerprint density at radius 1 is 1.26 bits per heavy atom. The lowest BCUT2D eigenvalue weighted by Crippen LogP contribution is -2.02. The van der Waals surface area contributed by atoms with E-state index in [9.17, 15) is 4.39 Å². The van der Waals surface area contributed by atoms with Crippen LogP contribution in [0.4, 0.5) is 10.3 Å². The average molecular weight is 367 g/mol. The van der Waals surface area contributed by atoms with E-state index in [1.54, 1.807) is 6.07 Å². The molecule has 0 aliphatic carbocycles. The van der Waals surface area contributed by atoms with Crippen molar-refractivity contribution in [3.8, 4) is 5.69 Å². The van der Waals surface area contributed by atoms with Crippen LogP contribution in [0.15, 0.2) is 36.4 Å². The van der Waals surface area contributed by atoms with Crippen molar-refractivity contribution in [1.29, 1.82) is 0 Å². The van der Waals surface area contributed by atoms with E-state index in [0.717, 1.165) is 25.9 Å². The molecule has 2 aromatic carbocycles. The Balaban J connectivity index is 2.36. The number of fused-ring (bicyclic) bond motifs is 1. The van der Waals surface area contributed by atoms with Gasteiger partial charge in [-0.05, 0) is 59.3 Å². The lowest BCUT2D eigenvalue weighted by Gasteiger charge is -2.09. The number of para-hydroxylation sites is 1. The van der Waals surface area contributed by atoms with E-state index in [1.165, 1.54) is 12.1 Å². The lowest BCUT2D eigenvalue weighted by atomic mass is 10.2. The summed E-state index contributed by atoms with van der Waals surface area (Å²) in [5.41, 5.74) is 9.73. The highest BCUT2D eigenvalue weighted by Gasteiger charge is 2.13. The van der Waals surface area contributed by atoms with Crippen LogP contribution in [0.25, 0.3) is 16.7 Å². The first kappa shape index (κ1) is 12.4. The third-order valence-corrected chi connectivity index (χ3v) is 3.93. The Hall–Kier alpha value is -1.63. The van der Waals surface area contributed by atoms with Gasteiger partial charge in [0, 0.05) is 3.57 Å². The van der Waals surface area contributed by atoms with Crippen molar-refractivity contribution < 1.29 is 4.39 Å². The first-order valence-electron chi connectivity index (χ1n) is 5.77. The number of aryl methyl sites for hydroxylation is 1. The maximum Gasteiger partial charge on any atom is 0.205 e. The molecule has 3 nitrogen and oxygen atoms in total. The number of hydrogen-bond donors (Lipinski definition) is 1. The predicted molar refractivity (Wildman–Crippen MR) is 82.9 cm³/mol. The molecule has 0 radical (unpaired) electrons.